The molecule has 1 unspecified atom stereocenters. The first-order chi connectivity index (χ1) is 44.1. The standard InChI is InChI=1S/C62H75N9O21/c1-4-62(84)43-28-47-56-41(31-71(47)59(81)42(43)33-89-60(62)82)40(39-27-49-50(92-34-91-49)29-45(39)68-56)30-65-61(83)90-32-37-5-7-38(8-6-37)66-58(80)44(9-12-55(77)78)69-57(79)35(2)25-48(72)46(26-36(3)63)67-52(74)14-17-85-19-21-87-23-24-88-22-20-86-18-15-64-51(73)13-16-70-53(75)10-11-54(70)76/h5-8,10-11,27-29,35-36,44,46,84H,4,9,12-26,30-34,63H2,1-3H3,(H,64,73)(H,65,83)(H,66,80)(H,67,74)(H,69,79)(H,77,78)/t35-,36?,44+,46-,62+/m1/s1. The molecule has 4 aliphatic rings. The number of carboxylic acids is 1. The third-order valence-corrected chi connectivity index (χ3v) is 15.5. The maximum Gasteiger partial charge on any atom is 0.407 e. The molecule has 4 aliphatic heterocycles. The van der Waals surface area contributed by atoms with Crippen molar-refractivity contribution in [1.29, 1.82) is 0 Å². The molecule has 6 heterocycles. The van der Waals surface area contributed by atoms with Crippen LogP contribution in [0.25, 0.3) is 22.3 Å². The molecule has 8 rings (SSSR count). The molecule has 0 radical (unpaired) electrons. The molecule has 7 amide bonds. The number of nitrogens with two attached hydrogens (primary N) is 1. The fourth-order valence-electron chi connectivity index (χ4n) is 10.5. The summed E-state index contributed by atoms with van der Waals surface area (Å²) in [6.45, 7) is 6.17. The number of cyclic esters (lactones) is 1. The van der Waals surface area contributed by atoms with Crippen molar-refractivity contribution in [2.75, 3.05) is 78.1 Å². The number of hydrogen-bond acceptors (Lipinski definition) is 22. The van der Waals surface area contributed by atoms with Gasteiger partial charge in [0.05, 0.1) is 87.9 Å². The number of hydrogen-bond donors (Lipinski definition) is 8. The van der Waals surface area contributed by atoms with Crippen LogP contribution in [-0.2, 0) is 103 Å². The molecule has 9 N–H and O–H groups in total. The van der Waals surface area contributed by atoms with Crippen LogP contribution < -0.4 is 47.4 Å². The quantitative estimate of drug-likeness (QED) is 0.0159. The van der Waals surface area contributed by atoms with Crippen LogP contribution in [0.3, 0.4) is 0 Å². The van der Waals surface area contributed by atoms with Gasteiger partial charge in [-0.1, -0.05) is 26.0 Å². The average Bonchev–Trinajstić information content (AvgIpc) is 1.51. The number of aliphatic hydroxyl groups is 1. The summed E-state index contributed by atoms with van der Waals surface area (Å²) >= 11 is 0. The van der Waals surface area contributed by atoms with Crippen LogP contribution in [0.4, 0.5) is 10.5 Å². The molecule has 5 atom stereocenters. The van der Waals surface area contributed by atoms with E-state index in [2.05, 4.69) is 26.6 Å². The Bertz CT molecular complexity index is 3520. The Labute approximate surface area is 527 Å². The third kappa shape index (κ3) is 17.8. The highest BCUT2D eigenvalue weighted by molar-refractivity contribution is 6.13. The highest BCUT2D eigenvalue weighted by Gasteiger charge is 2.46. The Balaban J connectivity index is 0.738. The zero-order valence-electron chi connectivity index (χ0n) is 51.1. The van der Waals surface area contributed by atoms with Crippen molar-refractivity contribution in [1.82, 2.24) is 35.7 Å². The lowest BCUT2D eigenvalue weighted by molar-refractivity contribution is -0.172. The van der Waals surface area contributed by atoms with E-state index in [1.165, 1.54) is 23.6 Å². The minimum atomic E-state index is -2.04. The summed E-state index contributed by atoms with van der Waals surface area (Å²) in [5.41, 5.74) is 7.05. The van der Waals surface area contributed by atoms with E-state index in [4.69, 9.17) is 48.6 Å². The van der Waals surface area contributed by atoms with E-state index in [1.807, 2.05) is 0 Å². The van der Waals surface area contributed by atoms with E-state index in [1.54, 1.807) is 44.2 Å². The van der Waals surface area contributed by atoms with E-state index in [0.29, 0.717) is 50.5 Å². The molecule has 92 heavy (non-hydrogen) atoms. The smallest absolute Gasteiger partial charge is 0.407 e. The largest absolute Gasteiger partial charge is 0.481 e. The molecule has 0 saturated carbocycles. The molecular weight excluding hydrogens is 1210 g/mol. The molecule has 0 bridgehead atoms. The van der Waals surface area contributed by atoms with Crippen molar-refractivity contribution in [2.24, 2.45) is 11.7 Å². The number of ether oxygens (including phenoxy) is 8. The SMILES string of the molecule is CC[C@@]1(O)C(=O)OCc2c1cc1n(c2=O)Cc2c-1nc1cc3c(cc1c2CNC(=O)OCc1ccc(NC(=O)[C@H](CCC(=O)O)NC(=O)[C@H](C)CC(=O)[C@@H](CC(C)N)NC(=O)CCOCCOCCOCCOCCNC(=O)CCN2C(=O)C=CC2=O)cc1)OCO3. The number of nitrogens with one attached hydrogen (secondary N) is 5. The number of Topliss-reactive ketones (excluding diaryl/α,β-unsaturated/α-hetero) is 1. The number of fused-ring (bicyclic) bond motifs is 6. The first-order valence-corrected chi connectivity index (χ1v) is 30.1. The van der Waals surface area contributed by atoms with Gasteiger partial charge in [-0.25, -0.2) is 14.6 Å². The number of ketones is 1. The average molecular weight is 1280 g/mol. The Morgan fingerprint density at radius 3 is 2.09 bits per heavy atom. The zero-order chi connectivity index (χ0) is 66.1. The number of esters is 1. The minimum Gasteiger partial charge on any atom is -0.481 e. The first-order valence-electron chi connectivity index (χ1n) is 30.1. The summed E-state index contributed by atoms with van der Waals surface area (Å²) < 4.78 is 45.4. The number of benzene rings is 2. The Kier molecular flexibility index (Phi) is 24.0. The lowest BCUT2D eigenvalue weighted by atomic mass is 9.86. The second-order valence-electron chi connectivity index (χ2n) is 22.2. The van der Waals surface area contributed by atoms with E-state index < -0.39 is 95.0 Å². The van der Waals surface area contributed by atoms with E-state index in [-0.39, 0.29) is 160 Å². The normalized spacial score (nSPS) is 16.4. The van der Waals surface area contributed by atoms with Gasteiger partial charge in [0.15, 0.2) is 22.9 Å². The molecule has 4 aromatic rings. The summed E-state index contributed by atoms with van der Waals surface area (Å²) in [6, 6.07) is 8.31. The molecule has 2 aromatic carbocycles. The number of anilines is 1. The van der Waals surface area contributed by atoms with Crippen molar-refractivity contribution in [3.63, 3.8) is 0 Å². The summed E-state index contributed by atoms with van der Waals surface area (Å²) in [4.78, 5) is 146. The summed E-state index contributed by atoms with van der Waals surface area (Å²) in [6.07, 6.45) is 0.312. The van der Waals surface area contributed by atoms with Gasteiger partial charge in [-0.2, -0.15) is 0 Å². The lowest BCUT2D eigenvalue weighted by Crippen LogP contribution is -2.48. The maximum atomic E-state index is 14.0. The van der Waals surface area contributed by atoms with Gasteiger partial charge >= 0.3 is 18.0 Å². The molecule has 30 nitrogen and oxygen atoms in total. The van der Waals surface area contributed by atoms with Gasteiger partial charge in [0, 0.05) is 97.7 Å². The molecule has 0 saturated heterocycles. The van der Waals surface area contributed by atoms with Gasteiger partial charge in [-0.05, 0) is 61.6 Å². The lowest BCUT2D eigenvalue weighted by Gasteiger charge is -2.31. The number of alkyl carbamates (subject to hydrolysis) is 1. The van der Waals surface area contributed by atoms with Gasteiger partial charge in [-0.15, -0.1) is 0 Å². The number of imide groups is 1. The highest BCUT2D eigenvalue weighted by atomic mass is 16.7. The number of rotatable bonds is 36. The number of amides is 7. The van der Waals surface area contributed by atoms with E-state index >= 15 is 0 Å². The zero-order valence-corrected chi connectivity index (χ0v) is 51.1. The summed E-state index contributed by atoms with van der Waals surface area (Å²) in [5.74, 6) is -5.85. The second kappa shape index (κ2) is 32.2. The van der Waals surface area contributed by atoms with Crippen molar-refractivity contribution in [2.45, 2.75) is 116 Å². The van der Waals surface area contributed by atoms with Gasteiger partial charge in [0.1, 0.15) is 19.3 Å². The Morgan fingerprint density at radius 2 is 1.42 bits per heavy atom. The number of pyridine rings is 2. The molecular formula is C62H75N9O21. The number of carbonyl (C=O) groups is 10. The van der Waals surface area contributed by atoms with Crippen molar-refractivity contribution in [3.05, 3.63) is 92.8 Å². The van der Waals surface area contributed by atoms with Gasteiger partial charge in [0.2, 0.25) is 30.4 Å². The molecule has 0 fully saturated rings. The Morgan fingerprint density at radius 1 is 0.761 bits per heavy atom. The molecule has 0 spiro atoms. The topological polar surface area (TPSA) is 409 Å². The summed E-state index contributed by atoms with van der Waals surface area (Å²) in [5, 5.41) is 34.8. The second-order valence-corrected chi connectivity index (χ2v) is 22.2. The van der Waals surface area contributed by atoms with Crippen LogP contribution in [0.5, 0.6) is 11.5 Å². The molecule has 0 aliphatic carbocycles. The Hall–Kier alpha value is -9.20. The number of aromatic nitrogens is 2. The van der Waals surface area contributed by atoms with Crippen LogP contribution in [0.15, 0.2) is 59.4 Å². The van der Waals surface area contributed by atoms with Crippen molar-refractivity contribution >= 4 is 75.8 Å². The van der Waals surface area contributed by atoms with Gasteiger partial charge in [0.25, 0.3) is 17.4 Å². The number of carbonyl (C=O) groups excluding carboxylic acids is 9. The number of aliphatic carboxylic acids is 1. The fraction of sp³-hybridized carbons (Fsp3) is 0.484. The summed E-state index contributed by atoms with van der Waals surface area (Å²) in [7, 11) is 0. The predicted octanol–water partition coefficient (Wildman–Crippen LogP) is 1.23. The minimum absolute atomic E-state index is 0.000540. The molecule has 2 aromatic heterocycles. The van der Waals surface area contributed by atoms with Crippen molar-refractivity contribution < 1.29 is 96.1 Å². The van der Waals surface area contributed by atoms with E-state index in [0.717, 1.165) is 17.1 Å². The van der Waals surface area contributed by atoms with Crippen LogP contribution in [0, 0.1) is 5.92 Å². The van der Waals surface area contributed by atoms with Crippen molar-refractivity contribution in [3.8, 4) is 22.9 Å². The monoisotopic (exact) mass is 1280 g/mol. The highest BCUT2D eigenvalue weighted by Crippen LogP contribution is 2.43. The van der Waals surface area contributed by atoms with Crippen LogP contribution in [0.2, 0.25) is 0 Å². The van der Waals surface area contributed by atoms with Crippen LogP contribution in [0.1, 0.15) is 93.5 Å². The van der Waals surface area contributed by atoms with Crippen LogP contribution in [-0.4, -0.2) is 175 Å². The van der Waals surface area contributed by atoms with E-state index in [9.17, 15) is 63.0 Å². The maximum absolute atomic E-state index is 14.0. The molecule has 30 heteroatoms. The molecule has 494 valence electrons. The predicted molar refractivity (Wildman–Crippen MR) is 322 cm³/mol. The van der Waals surface area contributed by atoms with Crippen LogP contribution >= 0.6 is 0 Å². The van der Waals surface area contributed by atoms with Gasteiger partial charge in [-0.3, -0.25) is 48.1 Å². The number of carboxylic acid groups (broad SMARTS) is 1. The third-order valence-electron chi connectivity index (χ3n) is 15.5. The van der Waals surface area contributed by atoms with Gasteiger partial charge < -0.3 is 85.0 Å². The number of nitrogens with zero attached hydrogens (tertiary/aromatic N) is 3. The fourth-order valence-corrected chi connectivity index (χ4v) is 10.5. The first kappa shape index (κ1) is 68.7.